The minimum absolute atomic E-state index is 0.0276. The van der Waals surface area contributed by atoms with Gasteiger partial charge in [0.15, 0.2) is 5.78 Å². The molecule has 0 fully saturated rings. The van der Waals surface area contributed by atoms with Gasteiger partial charge in [0, 0.05) is 6.42 Å². The van der Waals surface area contributed by atoms with Gasteiger partial charge >= 0.3 is 0 Å². The summed E-state index contributed by atoms with van der Waals surface area (Å²) in [6, 6.07) is 0. The first-order valence-electron chi connectivity index (χ1n) is 4.60. The van der Waals surface area contributed by atoms with Crippen LogP contribution in [0.1, 0.15) is 12.8 Å². The molecule has 0 rings (SSSR count). The lowest BCUT2D eigenvalue weighted by molar-refractivity contribution is -0.146. The molecule has 0 aliphatic carbocycles. The molecule has 15 heavy (non-hydrogen) atoms. The number of hydrogen-bond acceptors (Lipinski definition) is 6. The summed E-state index contributed by atoms with van der Waals surface area (Å²) in [5.74, 6) is -0.665. The number of rotatable bonds is 7. The number of hydrogen-bond donors (Lipinski definition) is 5. The van der Waals surface area contributed by atoms with E-state index in [1.54, 1.807) is 0 Å². The summed E-state index contributed by atoms with van der Waals surface area (Å²) in [7, 11) is 0. The van der Waals surface area contributed by atoms with Gasteiger partial charge in [-0.05, 0) is 6.42 Å². The van der Waals surface area contributed by atoms with Gasteiger partial charge in [-0.15, -0.1) is 0 Å². The predicted molar refractivity (Wildman–Crippen MR) is 50.7 cm³/mol. The van der Waals surface area contributed by atoms with Crippen molar-refractivity contribution in [3.8, 4) is 0 Å². The molecule has 6 heteroatoms. The molecule has 0 aliphatic rings. The maximum atomic E-state index is 11.1. The van der Waals surface area contributed by atoms with Crippen molar-refractivity contribution in [1.29, 1.82) is 0 Å². The Kier molecular flexibility index (Phi) is 6.62. The van der Waals surface area contributed by atoms with Crippen LogP contribution in [0, 0.1) is 6.92 Å². The molecule has 0 saturated heterocycles. The predicted octanol–water partition coefficient (Wildman–Crippen LogP) is -2.39. The van der Waals surface area contributed by atoms with E-state index in [0.29, 0.717) is 0 Å². The lowest BCUT2D eigenvalue weighted by Gasteiger charge is -2.24. The third-order valence-electron chi connectivity index (χ3n) is 2.01. The monoisotopic (exact) mass is 221 g/mol. The summed E-state index contributed by atoms with van der Waals surface area (Å²) >= 11 is 0. The van der Waals surface area contributed by atoms with Gasteiger partial charge in [0.25, 0.3) is 0 Å². The van der Waals surface area contributed by atoms with E-state index in [1.807, 2.05) is 0 Å². The van der Waals surface area contributed by atoms with Gasteiger partial charge in [0.05, 0.1) is 6.61 Å². The normalized spacial score (nSPS) is 19.3. The summed E-state index contributed by atoms with van der Waals surface area (Å²) in [6.45, 7) is 2.63. The van der Waals surface area contributed by atoms with Crippen LogP contribution in [0.4, 0.5) is 0 Å². The zero-order valence-electron chi connectivity index (χ0n) is 8.28. The molecule has 4 atom stereocenters. The maximum Gasteiger partial charge on any atom is 0.164 e. The zero-order chi connectivity index (χ0) is 12.0. The van der Waals surface area contributed by atoms with E-state index in [4.69, 9.17) is 10.2 Å². The highest BCUT2D eigenvalue weighted by Crippen LogP contribution is 2.08. The van der Waals surface area contributed by atoms with Crippen molar-refractivity contribution in [1.82, 2.24) is 0 Å². The standard InChI is InChI=1S/C9H17O6/c1-2-3-5(11)7(13)9(15)8(14)6(12)4-10/h6-10,12-15H,1-4H2/t6-,7-,8-,9-/m1/s1. The van der Waals surface area contributed by atoms with Crippen molar-refractivity contribution in [3.05, 3.63) is 6.92 Å². The Balaban J connectivity index is 4.29. The first-order chi connectivity index (χ1) is 6.95. The molecule has 0 aromatic heterocycles. The lowest BCUT2D eigenvalue weighted by Crippen LogP contribution is -2.48. The highest BCUT2D eigenvalue weighted by molar-refractivity contribution is 5.83. The van der Waals surface area contributed by atoms with Gasteiger partial charge in [-0.25, -0.2) is 0 Å². The number of Topliss-reactive ketones (excluding diaryl/α,β-unsaturated/α-hetero) is 1. The van der Waals surface area contributed by atoms with Gasteiger partial charge in [0.2, 0.25) is 0 Å². The Morgan fingerprint density at radius 2 is 1.67 bits per heavy atom. The van der Waals surface area contributed by atoms with Crippen molar-refractivity contribution in [3.63, 3.8) is 0 Å². The first-order valence-corrected chi connectivity index (χ1v) is 4.60. The Morgan fingerprint density at radius 3 is 2.07 bits per heavy atom. The highest BCUT2D eigenvalue weighted by Gasteiger charge is 2.33. The molecule has 0 aromatic carbocycles. The first kappa shape index (κ1) is 14.5. The van der Waals surface area contributed by atoms with Gasteiger partial charge in [-0.1, -0.05) is 6.92 Å². The quantitative estimate of drug-likeness (QED) is 0.327. The second kappa shape index (κ2) is 6.86. The average Bonchev–Trinajstić information content (AvgIpc) is 2.25. The second-order valence-corrected chi connectivity index (χ2v) is 3.25. The van der Waals surface area contributed by atoms with Gasteiger partial charge in [0.1, 0.15) is 24.4 Å². The van der Waals surface area contributed by atoms with Crippen LogP contribution in [-0.4, -0.2) is 62.3 Å². The fourth-order valence-electron chi connectivity index (χ4n) is 1.03. The molecule has 0 unspecified atom stereocenters. The van der Waals surface area contributed by atoms with E-state index in [0.717, 1.165) is 0 Å². The van der Waals surface area contributed by atoms with E-state index in [-0.39, 0.29) is 12.8 Å². The van der Waals surface area contributed by atoms with E-state index >= 15 is 0 Å². The van der Waals surface area contributed by atoms with Crippen LogP contribution in [0.3, 0.4) is 0 Å². The molecule has 0 spiro atoms. The summed E-state index contributed by atoms with van der Waals surface area (Å²) in [5.41, 5.74) is 0. The van der Waals surface area contributed by atoms with Gasteiger partial charge < -0.3 is 25.5 Å². The molecule has 5 N–H and O–H groups in total. The van der Waals surface area contributed by atoms with Crippen LogP contribution in [-0.2, 0) is 4.79 Å². The Labute approximate surface area is 87.8 Å². The van der Waals surface area contributed by atoms with Crippen LogP contribution in [0.15, 0.2) is 0 Å². The summed E-state index contributed by atoms with van der Waals surface area (Å²) in [5, 5.41) is 45.2. The van der Waals surface area contributed by atoms with Crippen molar-refractivity contribution in [2.75, 3.05) is 6.61 Å². The zero-order valence-corrected chi connectivity index (χ0v) is 8.28. The fraction of sp³-hybridized carbons (Fsp3) is 0.778. The van der Waals surface area contributed by atoms with E-state index < -0.39 is 36.8 Å². The molecule has 0 saturated carbocycles. The molecular weight excluding hydrogens is 204 g/mol. The fourth-order valence-corrected chi connectivity index (χ4v) is 1.03. The largest absolute Gasteiger partial charge is 0.394 e. The number of aliphatic hydroxyl groups excluding tert-OH is 5. The smallest absolute Gasteiger partial charge is 0.164 e. The molecule has 89 valence electrons. The summed E-state index contributed by atoms with van der Waals surface area (Å²) in [6.07, 6.45) is -6.71. The Hall–Kier alpha value is -0.530. The molecule has 6 nitrogen and oxygen atoms in total. The highest BCUT2D eigenvalue weighted by atomic mass is 16.4. The summed E-state index contributed by atoms with van der Waals surface area (Å²) in [4.78, 5) is 11.1. The van der Waals surface area contributed by atoms with Crippen molar-refractivity contribution < 1.29 is 30.3 Å². The van der Waals surface area contributed by atoms with E-state index in [2.05, 4.69) is 6.92 Å². The Morgan fingerprint density at radius 1 is 1.13 bits per heavy atom. The maximum absolute atomic E-state index is 11.1. The molecule has 0 amide bonds. The molecule has 0 aromatic rings. The molecule has 0 heterocycles. The van der Waals surface area contributed by atoms with Crippen LogP contribution in [0.25, 0.3) is 0 Å². The van der Waals surface area contributed by atoms with Crippen molar-refractivity contribution in [2.45, 2.75) is 37.3 Å². The van der Waals surface area contributed by atoms with Gasteiger partial charge in [-0.2, -0.15) is 0 Å². The lowest BCUT2D eigenvalue weighted by atomic mass is 9.98. The van der Waals surface area contributed by atoms with Crippen LogP contribution in [0.5, 0.6) is 0 Å². The van der Waals surface area contributed by atoms with Crippen LogP contribution >= 0.6 is 0 Å². The molecular formula is C9H17O6. The third-order valence-corrected chi connectivity index (χ3v) is 2.01. The van der Waals surface area contributed by atoms with Crippen LogP contribution in [0.2, 0.25) is 0 Å². The number of carbonyl (C=O) groups excluding carboxylic acids is 1. The third kappa shape index (κ3) is 4.23. The second-order valence-electron chi connectivity index (χ2n) is 3.25. The number of aliphatic hydroxyl groups is 5. The number of carbonyl (C=O) groups is 1. The Bertz CT molecular complexity index is 195. The number of ketones is 1. The SMILES string of the molecule is [CH2]CCC(=O)[C@@H](O)[C@@H](O)[C@H](O)[C@H](O)CO. The average molecular weight is 221 g/mol. The van der Waals surface area contributed by atoms with Crippen molar-refractivity contribution >= 4 is 5.78 Å². The molecule has 1 radical (unpaired) electrons. The minimum atomic E-state index is -1.81. The van der Waals surface area contributed by atoms with Gasteiger partial charge in [-0.3, -0.25) is 4.79 Å². The molecule has 0 aliphatic heterocycles. The molecule has 0 bridgehead atoms. The minimum Gasteiger partial charge on any atom is -0.394 e. The summed E-state index contributed by atoms with van der Waals surface area (Å²) < 4.78 is 0. The van der Waals surface area contributed by atoms with E-state index in [1.165, 1.54) is 0 Å². The van der Waals surface area contributed by atoms with Crippen LogP contribution < -0.4 is 0 Å². The topological polar surface area (TPSA) is 118 Å². The van der Waals surface area contributed by atoms with Crippen molar-refractivity contribution in [2.24, 2.45) is 0 Å². The van der Waals surface area contributed by atoms with E-state index in [9.17, 15) is 20.1 Å².